The van der Waals surface area contributed by atoms with Gasteiger partial charge in [0.25, 0.3) is 5.56 Å². The Morgan fingerprint density at radius 3 is 2.76 bits per heavy atom. The fourth-order valence-corrected chi connectivity index (χ4v) is 3.98. The van der Waals surface area contributed by atoms with Crippen molar-refractivity contribution in [1.29, 1.82) is 0 Å². The number of ether oxygens (including phenoxy) is 2. The Bertz CT molecular complexity index is 1270. The summed E-state index contributed by atoms with van der Waals surface area (Å²) in [6.45, 7) is 0. The highest BCUT2D eigenvalue weighted by Crippen LogP contribution is 2.35. The number of methoxy groups -OCH3 is 2. The molecule has 0 N–H and O–H groups in total. The maximum Gasteiger partial charge on any atom is 0.278 e. The number of rotatable bonds is 5. The van der Waals surface area contributed by atoms with Gasteiger partial charge < -0.3 is 9.47 Å². The van der Waals surface area contributed by atoms with Crippen molar-refractivity contribution in [3.63, 3.8) is 0 Å². The number of aromatic nitrogens is 3. The van der Waals surface area contributed by atoms with Crippen LogP contribution in [0.2, 0.25) is 5.02 Å². The smallest absolute Gasteiger partial charge is 0.278 e. The Morgan fingerprint density at radius 2 is 2.03 bits per heavy atom. The highest BCUT2D eigenvalue weighted by atomic mass is 35.5. The van der Waals surface area contributed by atoms with E-state index in [0.717, 1.165) is 11.1 Å². The highest BCUT2D eigenvalue weighted by molar-refractivity contribution is 7.15. The van der Waals surface area contributed by atoms with Crippen LogP contribution in [0.5, 0.6) is 11.5 Å². The van der Waals surface area contributed by atoms with Gasteiger partial charge in [-0.15, -0.1) is 11.3 Å². The number of nitrogens with zero attached hydrogens (tertiary/aromatic N) is 3. The molecule has 4 rings (SSSR count). The Hall–Kier alpha value is -3.16. The van der Waals surface area contributed by atoms with Gasteiger partial charge in [-0.3, -0.25) is 9.78 Å². The molecule has 29 heavy (non-hydrogen) atoms. The van der Waals surface area contributed by atoms with Crippen LogP contribution in [0.25, 0.3) is 28.4 Å². The van der Waals surface area contributed by atoms with E-state index >= 15 is 0 Å². The molecular formula is C21H16ClN3O3S. The average Bonchev–Trinajstić information content (AvgIpc) is 3.19. The summed E-state index contributed by atoms with van der Waals surface area (Å²) < 4.78 is 12.2. The molecule has 8 heteroatoms. The number of fused-ring (bicyclic) bond motifs is 1. The topological polar surface area (TPSA) is 65.7 Å². The van der Waals surface area contributed by atoms with E-state index in [2.05, 4.69) is 9.97 Å². The third kappa shape index (κ3) is 3.62. The van der Waals surface area contributed by atoms with Crippen molar-refractivity contribution >= 4 is 40.1 Å². The van der Waals surface area contributed by atoms with Gasteiger partial charge in [0.1, 0.15) is 16.5 Å². The largest absolute Gasteiger partial charge is 0.497 e. The van der Waals surface area contributed by atoms with E-state index in [-0.39, 0.29) is 10.6 Å². The molecule has 0 unspecified atom stereocenters. The summed E-state index contributed by atoms with van der Waals surface area (Å²) in [7, 11) is 3.16. The van der Waals surface area contributed by atoms with Crippen molar-refractivity contribution in [1.82, 2.24) is 14.4 Å². The first kappa shape index (κ1) is 19.2. The van der Waals surface area contributed by atoms with Gasteiger partial charge in [0.2, 0.25) is 0 Å². The zero-order chi connectivity index (χ0) is 20.4. The molecule has 3 aromatic heterocycles. The molecule has 0 aliphatic carbocycles. The van der Waals surface area contributed by atoms with Crippen LogP contribution in [0.3, 0.4) is 0 Å². The second-order valence-corrected chi connectivity index (χ2v) is 7.26. The predicted octanol–water partition coefficient (Wildman–Crippen LogP) is 4.66. The van der Waals surface area contributed by atoms with Gasteiger partial charge in [0.05, 0.1) is 25.6 Å². The number of benzene rings is 1. The van der Waals surface area contributed by atoms with Crippen molar-refractivity contribution in [2.24, 2.45) is 0 Å². The van der Waals surface area contributed by atoms with Gasteiger partial charge in [0, 0.05) is 29.4 Å². The number of hydrogen-bond donors (Lipinski definition) is 0. The fraction of sp³-hybridized carbons (Fsp3) is 0.0952. The quantitative estimate of drug-likeness (QED) is 0.465. The summed E-state index contributed by atoms with van der Waals surface area (Å²) >= 11 is 7.72. The van der Waals surface area contributed by atoms with Crippen LogP contribution in [-0.2, 0) is 0 Å². The van der Waals surface area contributed by atoms with Gasteiger partial charge in [-0.05, 0) is 29.8 Å². The molecule has 0 saturated carbocycles. The zero-order valence-corrected chi connectivity index (χ0v) is 17.2. The molecule has 0 aliphatic heterocycles. The molecule has 1 aromatic carbocycles. The Kier molecular flexibility index (Phi) is 5.33. The Labute approximate surface area is 175 Å². The van der Waals surface area contributed by atoms with E-state index in [1.807, 2.05) is 35.7 Å². The molecule has 0 radical (unpaired) electrons. The first-order valence-corrected chi connectivity index (χ1v) is 9.88. The maximum absolute atomic E-state index is 13.0. The molecule has 0 spiro atoms. The summed E-state index contributed by atoms with van der Waals surface area (Å²) in [6, 6.07) is 9.16. The van der Waals surface area contributed by atoms with E-state index < -0.39 is 0 Å². The minimum Gasteiger partial charge on any atom is -0.497 e. The molecule has 3 heterocycles. The van der Waals surface area contributed by atoms with Crippen molar-refractivity contribution in [2.75, 3.05) is 14.2 Å². The van der Waals surface area contributed by atoms with Crippen LogP contribution in [0.4, 0.5) is 0 Å². The van der Waals surface area contributed by atoms with Gasteiger partial charge in [-0.1, -0.05) is 23.7 Å². The third-order valence-electron chi connectivity index (χ3n) is 4.34. The van der Waals surface area contributed by atoms with Crippen LogP contribution in [-0.4, -0.2) is 28.6 Å². The van der Waals surface area contributed by atoms with E-state index in [1.54, 1.807) is 38.8 Å². The molecule has 0 bridgehead atoms. The van der Waals surface area contributed by atoms with Gasteiger partial charge in [0.15, 0.2) is 4.96 Å². The predicted molar refractivity (Wildman–Crippen MR) is 116 cm³/mol. The molecular weight excluding hydrogens is 410 g/mol. The van der Waals surface area contributed by atoms with Gasteiger partial charge in [-0.25, -0.2) is 9.38 Å². The van der Waals surface area contributed by atoms with E-state index in [0.29, 0.717) is 27.8 Å². The minimum absolute atomic E-state index is 0.0507. The number of hydrogen-bond acceptors (Lipinski definition) is 6. The standard InChI is InChI=1S/C21H16ClN3O3S/c1-27-14-6-7-15(18(10-14)28-2)17-12-29-21-24-16(19(22)20(26)25(17)21)8-5-13-4-3-9-23-11-13/h3-12H,1-2H3/b8-5+. The first-order valence-electron chi connectivity index (χ1n) is 8.62. The van der Waals surface area contributed by atoms with E-state index in [9.17, 15) is 4.79 Å². The van der Waals surface area contributed by atoms with Crippen molar-refractivity contribution < 1.29 is 9.47 Å². The summed E-state index contributed by atoms with van der Waals surface area (Å²) in [5, 5.41) is 1.91. The zero-order valence-electron chi connectivity index (χ0n) is 15.6. The fourth-order valence-electron chi connectivity index (χ4n) is 2.90. The first-order chi connectivity index (χ1) is 14.1. The molecule has 146 valence electrons. The van der Waals surface area contributed by atoms with Crippen LogP contribution < -0.4 is 15.0 Å². The second-order valence-electron chi connectivity index (χ2n) is 6.04. The maximum atomic E-state index is 13.0. The summed E-state index contributed by atoms with van der Waals surface area (Å²) in [5.74, 6) is 1.25. The lowest BCUT2D eigenvalue weighted by molar-refractivity contribution is 0.395. The molecule has 0 saturated heterocycles. The van der Waals surface area contributed by atoms with Crippen LogP contribution in [0, 0.1) is 0 Å². The minimum atomic E-state index is -0.336. The van der Waals surface area contributed by atoms with Gasteiger partial charge in [-0.2, -0.15) is 0 Å². The number of pyridine rings is 1. The third-order valence-corrected chi connectivity index (χ3v) is 5.52. The average molecular weight is 426 g/mol. The van der Waals surface area contributed by atoms with Crippen molar-refractivity contribution in [2.45, 2.75) is 0 Å². The number of thiazole rings is 1. The molecule has 0 atom stereocenters. The van der Waals surface area contributed by atoms with Crippen LogP contribution >= 0.6 is 22.9 Å². The highest BCUT2D eigenvalue weighted by Gasteiger charge is 2.17. The summed E-state index contributed by atoms with van der Waals surface area (Å²) in [4.78, 5) is 22.2. The second kappa shape index (κ2) is 8.06. The molecule has 0 aliphatic rings. The molecule has 6 nitrogen and oxygen atoms in total. The Balaban J connectivity index is 1.83. The number of halogens is 1. The Morgan fingerprint density at radius 1 is 1.17 bits per heavy atom. The van der Waals surface area contributed by atoms with Crippen molar-refractivity contribution in [3.05, 3.63) is 74.7 Å². The monoisotopic (exact) mass is 425 g/mol. The SMILES string of the molecule is COc1ccc(-c2csc3nc(/C=C/c4cccnc4)c(Cl)c(=O)n23)c(OC)c1. The molecule has 4 aromatic rings. The lowest BCUT2D eigenvalue weighted by atomic mass is 10.1. The van der Waals surface area contributed by atoms with Crippen LogP contribution in [0.15, 0.2) is 52.9 Å². The van der Waals surface area contributed by atoms with E-state index in [1.165, 1.54) is 15.7 Å². The van der Waals surface area contributed by atoms with Gasteiger partial charge >= 0.3 is 0 Å². The normalized spacial score (nSPS) is 11.3. The van der Waals surface area contributed by atoms with Crippen molar-refractivity contribution in [3.8, 4) is 22.8 Å². The van der Waals surface area contributed by atoms with Crippen LogP contribution in [0.1, 0.15) is 11.3 Å². The summed E-state index contributed by atoms with van der Waals surface area (Å²) in [5.41, 5.74) is 2.37. The van der Waals surface area contributed by atoms with E-state index in [4.69, 9.17) is 21.1 Å². The lowest BCUT2D eigenvalue weighted by Crippen LogP contribution is -2.16. The molecule has 0 fully saturated rings. The summed E-state index contributed by atoms with van der Waals surface area (Å²) in [6.07, 6.45) is 6.95. The molecule has 0 amide bonds. The lowest BCUT2D eigenvalue weighted by Gasteiger charge is -2.10.